The monoisotopic (exact) mass is 280 g/mol. The molecule has 5 nitrogen and oxygen atoms in total. The zero-order valence-electron chi connectivity index (χ0n) is 12.8. The van der Waals surface area contributed by atoms with Crippen LogP contribution >= 0.6 is 0 Å². The molecule has 1 rings (SSSR count). The average molecular weight is 280 g/mol. The van der Waals surface area contributed by atoms with E-state index < -0.39 is 0 Å². The largest absolute Gasteiger partial charge is 0.497 e. The quantitative estimate of drug-likeness (QED) is 0.862. The lowest BCUT2D eigenvalue weighted by Crippen LogP contribution is -2.48. The van der Waals surface area contributed by atoms with E-state index in [1.807, 2.05) is 20.8 Å². The lowest BCUT2D eigenvalue weighted by Gasteiger charge is -2.30. The molecular weight excluding hydrogens is 256 g/mol. The highest BCUT2D eigenvalue weighted by Gasteiger charge is 2.26. The van der Waals surface area contributed by atoms with Crippen LogP contribution in [0.15, 0.2) is 18.2 Å². The molecular formula is C15H24N2O3. The molecule has 0 aliphatic carbocycles. The Kier molecular flexibility index (Phi) is 5.39. The zero-order chi connectivity index (χ0) is 15.3. The molecule has 0 bridgehead atoms. The van der Waals surface area contributed by atoms with Crippen LogP contribution in [0.4, 0.5) is 0 Å². The van der Waals surface area contributed by atoms with Crippen molar-refractivity contribution in [3.05, 3.63) is 23.8 Å². The summed E-state index contributed by atoms with van der Waals surface area (Å²) in [6, 6.07) is 5.00. The first-order valence-electron chi connectivity index (χ1n) is 6.56. The third kappa shape index (κ3) is 3.87. The van der Waals surface area contributed by atoms with Crippen LogP contribution in [0, 0.1) is 5.41 Å². The van der Waals surface area contributed by atoms with Crippen molar-refractivity contribution in [2.75, 3.05) is 20.8 Å². The lowest BCUT2D eigenvalue weighted by atomic mass is 9.86. The van der Waals surface area contributed by atoms with Gasteiger partial charge in [0.25, 0.3) is 5.91 Å². The Morgan fingerprint density at radius 3 is 2.40 bits per heavy atom. The van der Waals surface area contributed by atoms with E-state index in [1.54, 1.807) is 25.3 Å². The number of carbonyl (C=O) groups is 1. The standard InChI is InChI=1S/C15H24N2O3/c1-15(2,3)13(9-16)17-14(18)11-8-10(19-4)6-7-12(11)20-5/h6-8,13H,9,16H2,1-5H3,(H,17,18). The van der Waals surface area contributed by atoms with Crippen molar-refractivity contribution in [3.8, 4) is 11.5 Å². The fraction of sp³-hybridized carbons (Fsp3) is 0.533. The summed E-state index contributed by atoms with van der Waals surface area (Å²) >= 11 is 0. The van der Waals surface area contributed by atoms with Crippen LogP contribution in [0.5, 0.6) is 11.5 Å². The molecule has 0 radical (unpaired) electrons. The van der Waals surface area contributed by atoms with Crippen LogP contribution in [0.25, 0.3) is 0 Å². The fourth-order valence-electron chi connectivity index (χ4n) is 1.86. The van der Waals surface area contributed by atoms with E-state index >= 15 is 0 Å². The molecule has 1 atom stereocenters. The van der Waals surface area contributed by atoms with Gasteiger partial charge in [0, 0.05) is 12.6 Å². The average Bonchev–Trinajstić information content (AvgIpc) is 2.42. The van der Waals surface area contributed by atoms with Gasteiger partial charge in [0.1, 0.15) is 11.5 Å². The fourth-order valence-corrected chi connectivity index (χ4v) is 1.86. The molecule has 1 unspecified atom stereocenters. The number of benzene rings is 1. The second-order valence-corrected chi connectivity index (χ2v) is 5.69. The molecule has 20 heavy (non-hydrogen) atoms. The summed E-state index contributed by atoms with van der Waals surface area (Å²) in [5, 5.41) is 2.95. The van der Waals surface area contributed by atoms with Gasteiger partial charge in [-0.3, -0.25) is 4.79 Å². The number of carbonyl (C=O) groups excluding carboxylic acids is 1. The summed E-state index contributed by atoms with van der Waals surface area (Å²) in [6.07, 6.45) is 0. The van der Waals surface area contributed by atoms with Gasteiger partial charge in [0.15, 0.2) is 0 Å². The van der Waals surface area contributed by atoms with Crippen LogP contribution in [0.3, 0.4) is 0 Å². The van der Waals surface area contributed by atoms with E-state index in [1.165, 1.54) is 7.11 Å². The number of ether oxygens (including phenoxy) is 2. The maximum absolute atomic E-state index is 12.4. The van der Waals surface area contributed by atoms with Crippen LogP contribution in [0.2, 0.25) is 0 Å². The van der Waals surface area contributed by atoms with E-state index in [2.05, 4.69) is 5.32 Å². The SMILES string of the molecule is COc1ccc(OC)c(C(=O)NC(CN)C(C)(C)C)c1. The number of nitrogens with two attached hydrogens (primary N) is 1. The van der Waals surface area contributed by atoms with E-state index in [4.69, 9.17) is 15.2 Å². The maximum atomic E-state index is 12.4. The number of rotatable bonds is 5. The molecule has 0 saturated carbocycles. The molecule has 5 heteroatoms. The summed E-state index contributed by atoms with van der Waals surface area (Å²) < 4.78 is 10.4. The van der Waals surface area contributed by atoms with Crippen LogP contribution in [0.1, 0.15) is 31.1 Å². The summed E-state index contributed by atoms with van der Waals surface area (Å²) in [5.74, 6) is 0.898. The van der Waals surface area contributed by atoms with Crippen LogP contribution in [-0.2, 0) is 0 Å². The van der Waals surface area contributed by atoms with Gasteiger partial charge < -0.3 is 20.5 Å². The molecule has 1 amide bonds. The molecule has 112 valence electrons. The highest BCUT2D eigenvalue weighted by Crippen LogP contribution is 2.25. The third-order valence-corrected chi connectivity index (χ3v) is 3.24. The van der Waals surface area contributed by atoms with Crippen molar-refractivity contribution in [2.45, 2.75) is 26.8 Å². The van der Waals surface area contributed by atoms with Crippen molar-refractivity contribution in [2.24, 2.45) is 11.1 Å². The van der Waals surface area contributed by atoms with Crippen molar-refractivity contribution < 1.29 is 14.3 Å². The van der Waals surface area contributed by atoms with Crippen LogP contribution in [-0.4, -0.2) is 32.7 Å². The third-order valence-electron chi connectivity index (χ3n) is 3.24. The van der Waals surface area contributed by atoms with Crippen molar-refractivity contribution >= 4 is 5.91 Å². The summed E-state index contributed by atoms with van der Waals surface area (Å²) in [5.41, 5.74) is 6.07. The molecule has 1 aromatic rings. The predicted molar refractivity (Wildman–Crippen MR) is 79.3 cm³/mol. The Labute approximate surface area is 120 Å². The summed E-state index contributed by atoms with van der Waals surface area (Å²) in [4.78, 5) is 12.4. The zero-order valence-corrected chi connectivity index (χ0v) is 12.8. The van der Waals surface area contributed by atoms with Gasteiger partial charge in [-0.25, -0.2) is 0 Å². The molecule has 1 aromatic carbocycles. The van der Waals surface area contributed by atoms with Crippen molar-refractivity contribution in [1.82, 2.24) is 5.32 Å². The highest BCUT2D eigenvalue weighted by atomic mass is 16.5. The Hall–Kier alpha value is -1.75. The molecule has 3 N–H and O–H groups in total. The normalized spacial score (nSPS) is 12.7. The second-order valence-electron chi connectivity index (χ2n) is 5.69. The van der Waals surface area contributed by atoms with Gasteiger partial charge >= 0.3 is 0 Å². The summed E-state index contributed by atoms with van der Waals surface area (Å²) in [6.45, 7) is 6.48. The van der Waals surface area contributed by atoms with Gasteiger partial charge in [-0.15, -0.1) is 0 Å². The van der Waals surface area contributed by atoms with Crippen molar-refractivity contribution in [3.63, 3.8) is 0 Å². The Balaban J connectivity index is 3.02. The Morgan fingerprint density at radius 2 is 1.95 bits per heavy atom. The van der Waals surface area contributed by atoms with Crippen molar-refractivity contribution in [1.29, 1.82) is 0 Å². The van der Waals surface area contributed by atoms with E-state index in [0.29, 0.717) is 23.6 Å². The molecule has 0 aliphatic heterocycles. The number of methoxy groups -OCH3 is 2. The number of hydrogen-bond donors (Lipinski definition) is 2. The van der Waals surface area contributed by atoms with Crippen LogP contribution < -0.4 is 20.5 Å². The minimum Gasteiger partial charge on any atom is -0.497 e. The highest BCUT2D eigenvalue weighted by molar-refractivity contribution is 5.97. The number of nitrogens with one attached hydrogen (secondary N) is 1. The molecule has 0 saturated heterocycles. The maximum Gasteiger partial charge on any atom is 0.255 e. The number of hydrogen-bond acceptors (Lipinski definition) is 4. The molecule has 0 aromatic heterocycles. The minimum atomic E-state index is -0.217. The first kappa shape index (κ1) is 16.3. The minimum absolute atomic E-state index is 0.115. The Morgan fingerprint density at radius 1 is 1.30 bits per heavy atom. The molecule has 0 spiro atoms. The number of amides is 1. The first-order valence-corrected chi connectivity index (χ1v) is 6.56. The summed E-state index contributed by atoms with van der Waals surface area (Å²) in [7, 11) is 3.09. The predicted octanol–water partition coefficient (Wildman–Crippen LogP) is 1.81. The van der Waals surface area contributed by atoms with Gasteiger partial charge in [0.2, 0.25) is 0 Å². The smallest absolute Gasteiger partial charge is 0.255 e. The van der Waals surface area contributed by atoms with Gasteiger partial charge in [-0.1, -0.05) is 20.8 Å². The lowest BCUT2D eigenvalue weighted by molar-refractivity contribution is 0.0902. The molecule has 0 heterocycles. The van der Waals surface area contributed by atoms with E-state index in [9.17, 15) is 4.79 Å². The van der Waals surface area contributed by atoms with Gasteiger partial charge in [-0.05, 0) is 23.6 Å². The second kappa shape index (κ2) is 6.61. The van der Waals surface area contributed by atoms with E-state index in [0.717, 1.165) is 0 Å². The van der Waals surface area contributed by atoms with E-state index in [-0.39, 0.29) is 17.4 Å². The van der Waals surface area contributed by atoms with Gasteiger partial charge in [-0.2, -0.15) is 0 Å². The van der Waals surface area contributed by atoms with Gasteiger partial charge in [0.05, 0.1) is 19.8 Å². The first-order chi connectivity index (χ1) is 9.33. The Bertz CT molecular complexity index is 467. The topological polar surface area (TPSA) is 73.6 Å². The molecule has 0 aliphatic rings. The molecule has 0 fully saturated rings.